The standard InChI is InChI=1S/C14H19NO3/c1-5-18-14(17)13-9(3)15(11-6-7-11)8(2)12(13)10(4)16/h11H,5-7H2,1-4H3. The summed E-state index contributed by atoms with van der Waals surface area (Å²) in [5.74, 6) is -0.458. The van der Waals surface area contributed by atoms with Gasteiger partial charge in [-0.1, -0.05) is 0 Å². The van der Waals surface area contributed by atoms with Crippen molar-refractivity contribution in [3.8, 4) is 0 Å². The molecule has 4 nitrogen and oxygen atoms in total. The summed E-state index contributed by atoms with van der Waals surface area (Å²) in [6.07, 6.45) is 2.24. The van der Waals surface area contributed by atoms with Crippen molar-refractivity contribution >= 4 is 11.8 Å². The number of carbonyl (C=O) groups excluding carboxylic acids is 2. The molecule has 98 valence electrons. The maximum absolute atomic E-state index is 12.0. The minimum absolute atomic E-state index is 0.0712. The Morgan fingerprint density at radius 3 is 2.22 bits per heavy atom. The lowest BCUT2D eigenvalue weighted by Gasteiger charge is -2.07. The average Bonchev–Trinajstić information content (AvgIpc) is 3.05. The molecule has 0 atom stereocenters. The largest absolute Gasteiger partial charge is 0.462 e. The molecule has 1 aliphatic carbocycles. The number of ether oxygens (including phenoxy) is 1. The van der Waals surface area contributed by atoms with Crippen LogP contribution in [0.4, 0.5) is 0 Å². The second-order valence-electron chi connectivity index (χ2n) is 4.80. The fraction of sp³-hybridized carbons (Fsp3) is 0.571. The molecule has 0 N–H and O–H groups in total. The number of hydrogen-bond donors (Lipinski definition) is 0. The van der Waals surface area contributed by atoms with Gasteiger partial charge in [-0.2, -0.15) is 0 Å². The number of rotatable bonds is 4. The molecule has 1 saturated carbocycles. The van der Waals surface area contributed by atoms with E-state index in [0.29, 0.717) is 23.8 Å². The zero-order valence-electron chi connectivity index (χ0n) is 11.4. The summed E-state index contributed by atoms with van der Waals surface area (Å²) < 4.78 is 7.18. The van der Waals surface area contributed by atoms with E-state index in [4.69, 9.17) is 4.74 Å². The Labute approximate surface area is 107 Å². The van der Waals surface area contributed by atoms with Gasteiger partial charge in [0.15, 0.2) is 5.78 Å². The quantitative estimate of drug-likeness (QED) is 0.609. The highest BCUT2D eigenvalue weighted by Gasteiger charge is 2.33. The average molecular weight is 249 g/mol. The Balaban J connectivity index is 2.58. The predicted molar refractivity (Wildman–Crippen MR) is 68.1 cm³/mol. The van der Waals surface area contributed by atoms with E-state index in [1.54, 1.807) is 6.92 Å². The van der Waals surface area contributed by atoms with Crippen LogP contribution >= 0.6 is 0 Å². The summed E-state index contributed by atoms with van der Waals surface area (Å²) in [7, 11) is 0. The van der Waals surface area contributed by atoms with Gasteiger partial charge >= 0.3 is 5.97 Å². The summed E-state index contributed by atoms with van der Waals surface area (Å²) in [5, 5.41) is 0. The first-order chi connectivity index (χ1) is 8.49. The monoisotopic (exact) mass is 249 g/mol. The molecular weight excluding hydrogens is 230 g/mol. The number of carbonyl (C=O) groups is 2. The second kappa shape index (κ2) is 4.59. The maximum atomic E-state index is 12.0. The van der Waals surface area contributed by atoms with Crippen LogP contribution in [0.5, 0.6) is 0 Å². The van der Waals surface area contributed by atoms with E-state index in [9.17, 15) is 9.59 Å². The molecule has 0 amide bonds. The smallest absolute Gasteiger partial charge is 0.340 e. The third kappa shape index (κ3) is 1.96. The summed E-state index contributed by atoms with van der Waals surface area (Å²) in [5.41, 5.74) is 2.73. The van der Waals surface area contributed by atoms with E-state index in [1.807, 2.05) is 13.8 Å². The normalized spacial score (nSPS) is 14.7. The highest BCUT2D eigenvalue weighted by molar-refractivity contribution is 6.07. The molecule has 0 unspecified atom stereocenters. The molecule has 1 aromatic heterocycles. The number of ketones is 1. The molecule has 0 aliphatic heterocycles. The molecule has 0 aromatic carbocycles. The molecule has 1 fully saturated rings. The van der Waals surface area contributed by atoms with E-state index in [1.165, 1.54) is 6.92 Å². The van der Waals surface area contributed by atoms with Crippen molar-refractivity contribution in [3.05, 3.63) is 22.5 Å². The number of hydrogen-bond acceptors (Lipinski definition) is 3. The van der Waals surface area contributed by atoms with Crippen LogP contribution in [0.25, 0.3) is 0 Å². The lowest BCUT2D eigenvalue weighted by Crippen LogP contribution is -2.10. The minimum atomic E-state index is -0.386. The van der Waals surface area contributed by atoms with Crippen molar-refractivity contribution in [2.24, 2.45) is 0 Å². The number of aromatic nitrogens is 1. The van der Waals surface area contributed by atoms with Crippen LogP contribution in [0, 0.1) is 13.8 Å². The van der Waals surface area contributed by atoms with Crippen molar-refractivity contribution in [1.82, 2.24) is 4.57 Å². The van der Waals surface area contributed by atoms with E-state index in [0.717, 1.165) is 24.2 Å². The van der Waals surface area contributed by atoms with Gasteiger partial charge in [0.25, 0.3) is 0 Å². The first-order valence-corrected chi connectivity index (χ1v) is 6.38. The van der Waals surface area contributed by atoms with Crippen molar-refractivity contribution in [2.75, 3.05) is 6.61 Å². The molecule has 0 saturated heterocycles. The summed E-state index contributed by atoms with van der Waals surface area (Å²) >= 11 is 0. The maximum Gasteiger partial charge on any atom is 0.340 e. The van der Waals surface area contributed by atoms with Gasteiger partial charge in [0.1, 0.15) is 0 Å². The van der Waals surface area contributed by atoms with Crippen LogP contribution in [-0.4, -0.2) is 22.9 Å². The van der Waals surface area contributed by atoms with Crippen LogP contribution in [0.2, 0.25) is 0 Å². The first-order valence-electron chi connectivity index (χ1n) is 6.38. The highest BCUT2D eigenvalue weighted by atomic mass is 16.5. The number of Topliss-reactive ketones (excluding diaryl/α,β-unsaturated/α-hetero) is 1. The summed E-state index contributed by atoms with van der Waals surface area (Å²) in [6.45, 7) is 7.39. The topological polar surface area (TPSA) is 48.3 Å². The lowest BCUT2D eigenvalue weighted by atomic mass is 10.1. The van der Waals surface area contributed by atoms with E-state index in [-0.39, 0.29) is 11.8 Å². The molecular formula is C14H19NO3. The van der Waals surface area contributed by atoms with E-state index >= 15 is 0 Å². The minimum Gasteiger partial charge on any atom is -0.462 e. The van der Waals surface area contributed by atoms with Gasteiger partial charge in [-0.25, -0.2) is 4.79 Å². The molecule has 0 spiro atoms. The highest BCUT2D eigenvalue weighted by Crippen LogP contribution is 2.40. The van der Waals surface area contributed by atoms with Gasteiger partial charge < -0.3 is 9.30 Å². The SMILES string of the molecule is CCOC(=O)c1c(C(C)=O)c(C)n(C2CC2)c1C. The summed E-state index contributed by atoms with van der Waals surface area (Å²) in [6, 6.07) is 0.450. The number of esters is 1. The molecule has 1 aromatic rings. The molecule has 2 rings (SSSR count). The van der Waals surface area contributed by atoms with E-state index < -0.39 is 0 Å². The first kappa shape index (κ1) is 12.9. The van der Waals surface area contributed by atoms with Crippen LogP contribution in [0.3, 0.4) is 0 Å². The lowest BCUT2D eigenvalue weighted by molar-refractivity contribution is 0.0522. The van der Waals surface area contributed by atoms with Gasteiger partial charge in [0.05, 0.1) is 17.7 Å². The van der Waals surface area contributed by atoms with Gasteiger partial charge in [0.2, 0.25) is 0 Å². The Morgan fingerprint density at radius 2 is 1.78 bits per heavy atom. The molecule has 1 heterocycles. The third-order valence-corrected chi connectivity index (χ3v) is 3.44. The van der Waals surface area contributed by atoms with Gasteiger partial charge in [0, 0.05) is 17.4 Å². The Hall–Kier alpha value is -1.58. The molecule has 4 heteroatoms. The predicted octanol–water partition coefficient (Wildman–Crippen LogP) is 2.82. The van der Waals surface area contributed by atoms with Crippen molar-refractivity contribution in [1.29, 1.82) is 0 Å². The van der Waals surface area contributed by atoms with Crippen LogP contribution in [-0.2, 0) is 4.74 Å². The summed E-state index contributed by atoms with van der Waals surface area (Å²) in [4.78, 5) is 23.8. The molecule has 0 bridgehead atoms. The zero-order chi connectivity index (χ0) is 13.4. The van der Waals surface area contributed by atoms with Gasteiger partial charge in [-0.15, -0.1) is 0 Å². The van der Waals surface area contributed by atoms with Gasteiger partial charge in [-0.05, 0) is 40.5 Å². The van der Waals surface area contributed by atoms with Crippen molar-refractivity contribution in [2.45, 2.75) is 46.6 Å². The van der Waals surface area contributed by atoms with Crippen LogP contribution in [0.15, 0.2) is 0 Å². The third-order valence-electron chi connectivity index (χ3n) is 3.44. The molecule has 0 radical (unpaired) electrons. The van der Waals surface area contributed by atoms with Gasteiger partial charge in [-0.3, -0.25) is 4.79 Å². The Kier molecular flexibility index (Phi) is 3.28. The molecule has 18 heavy (non-hydrogen) atoms. The molecule has 1 aliphatic rings. The van der Waals surface area contributed by atoms with Crippen LogP contribution < -0.4 is 0 Å². The number of nitrogens with zero attached hydrogens (tertiary/aromatic N) is 1. The van der Waals surface area contributed by atoms with E-state index in [2.05, 4.69) is 4.57 Å². The van der Waals surface area contributed by atoms with Crippen LogP contribution in [0.1, 0.15) is 64.8 Å². The second-order valence-corrected chi connectivity index (χ2v) is 4.80. The Morgan fingerprint density at radius 1 is 1.22 bits per heavy atom. The Bertz CT molecular complexity index is 510. The fourth-order valence-corrected chi connectivity index (χ4v) is 2.62. The van der Waals surface area contributed by atoms with Crippen molar-refractivity contribution < 1.29 is 14.3 Å². The van der Waals surface area contributed by atoms with Crippen molar-refractivity contribution in [3.63, 3.8) is 0 Å². The fourth-order valence-electron chi connectivity index (χ4n) is 2.62. The zero-order valence-corrected chi connectivity index (χ0v) is 11.4.